The number of carbonyl (C=O) groups excluding carboxylic acids is 1. The van der Waals surface area contributed by atoms with Gasteiger partial charge >= 0.3 is 12.1 Å². The summed E-state index contributed by atoms with van der Waals surface area (Å²) in [4.78, 5) is 22.7. The molecule has 7 heteroatoms. The number of aromatic nitrogens is 1. The van der Waals surface area contributed by atoms with Crippen molar-refractivity contribution in [2.75, 3.05) is 5.32 Å². The molecule has 2 N–H and O–H groups in total. The van der Waals surface area contributed by atoms with E-state index in [0.717, 1.165) is 0 Å². The van der Waals surface area contributed by atoms with Gasteiger partial charge in [0.25, 0.3) is 0 Å². The monoisotopic (exact) mass is 304 g/mol. The van der Waals surface area contributed by atoms with Crippen LogP contribution in [0.4, 0.5) is 10.5 Å². The molecular formula is C15H16N2O5. The number of aromatic carboxylic acids is 1. The molecule has 2 aromatic rings. The Morgan fingerprint density at radius 3 is 2.55 bits per heavy atom. The van der Waals surface area contributed by atoms with Crippen LogP contribution in [0.15, 0.2) is 34.9 Å². The number of nitrogens with zero attached hydrogens (tertiary/aromatic N) is 1. The maximum Gasteiger partial charge on any atom is 0.412 e. The first-order valence-electron chi connectivity index (χ1n) is 6.56. The zero-order chi connectivity index (χ0) is 16.3. The molecule has 116 valence electrons. The number of hydrogen-bond donors (Lipinski definition) is 2. The van der Waals surface area contributed by atoms with Crippen molar-refractivity contribution in [2.45, 2.75) is 26.4 Å². The highest BCUT2D eigenvalue weighted by molar-refractivity contribution is 5.92. The van der Waals surface area contributed by atoms with Crippen molar-refractivity contribution in [2.24, 2.45) is 0 Å². The third-order valence-corrected chi connectivity index (χ3v) is 2.56. The van der Waals surface area contributed by atoms with E-state index in [-0.39, 0.29) is 5.76 Å². The molecule has 0 saturated heterocycles. The minimum absolute atomic E-state index is 0.276. The molecule has 0 radical (unpaired) electrons. The van der Waals surface area contributed by atoms with Crippen molar-refractivity contribution < 1.29 is 24.0 Å². The Bertz CT molecular complexity index is 700. The molecule has 7 nitrogen and oxygen atoms in total. The number of hydrogen-bond acceptors (Lipinski definition) is 5. The highest BCUT2D eigenvalue weighted by atomic mass is 16.6. The maximum atomic E-state index is 11.9. The van der Waals surface area contributed by atoms with Crippen molar-refractivity contribution in [1.82, 2.24) is 5.16 Å². The summed E-state index contributed by atoms with van der Waals surface area (Å²) in [6, 6.07) is 8.11. The van der Waals surface area contributed by atoms with E-state index >= 15 is 0 Å². The second-order valence-electron chi connectivity index (χ2n) is 5.55. The summed E-state index contributed by atoms with van der Waals surface area (Å²) in [5.41, 5.74) is 0.666. The van der Waals surface area contributed by atoms with Crippen molar-refractivity contribution in [1.29, 1.82) is 0 Å². The van der Waals surface area contributed by atoms with Crippen LogP contribution in [0.5, 0.6) is 0 Å². The van der Waals surface area contributed by atoms with Crippen LogP contribution < -0.4 is 5.32 Å². The lowest BCUT2D eigenvalue weighted by Crippen LogP contribution is -2.27. The fourth-order valence-electron chi connectivity index (χ4n) is 1.73. The number of carboxylic acid groups (broad SMARTS) is 1. The lowest BCUT2D eigenvalue weighted by atomic mass is 10.1. The summed E-state index contributed by atoms with van der Waals surface area (Å²) in [6.07, 6.45) is -0.609. The van der Waals surface area contributed by atoms with E-state index in [4.69, 9.17) is 14.4 Å². The van der Waals surface area contributed by atoms with Gasteiger partial charge in [0.1, 0.15) is 11.3 Å². The van der Waals surface area contributed by atoms with Gasteiger partial charge in [0, 0.05) is 11.6 Å². The maximum absolute atomic E-state index is 11.9. The second-order valence-corrected chi connectivity index (χ2v) is 5.55. The third-order valence-electron chi connectivity index (χ3n) is 2.56. The molecule has 0 atom stereocenters. The van der Waals surface area contributed by atoms with Crippen molar-refractivity contribution >= 4 is 17.7 Å². The van der Waals surface area contributed by atoms with E-state index < -0.39 is 17.7 Å². The zero-order valence-electron chi connectivity index (χ0n) is 12.4. The molecule has 22 heavy (non-hydrogen) atoms. The van der Waals surface area contributed by atoms with Gasteiger partial charge in [0.05, 0.1) is 5.69 Å². The molecule has 0 saturated carbocycles. The summed E-state index contributed by atoms with van der Waals surface area (Å²) in [5.74, 6) is -1.49. The Balaban J connectivity index is 2.26. The predicted octanol–water partition coefficient (Wildman–Crippen LogP) is 3.39. The standard InChI is InChI=1S/C15H16N2O5/c1-15(2,3)21-14(20)16-10-7-5-4-6-9(10)11-8-12(13(18)19)22-17-11/h4-8H,1-3H3,(H,16,20)(H,18,19). The SMILES string of the molecule is CC(C)(C)OC(=O)Nc1ccccc1-c1cc(C(=O)O)on1. The van der Waals surface area contributed by atoms with Crippen LogP contribution in [0.1, 0.15) is 31.3 Å². The molecular weight excluding hydrogens is 288 g/mol. The Morgan fingerprint density at radius 2 is 1.95 bits per heavy atom. The quantitative estimate of drug-likeness (QED) is 0.901. The number of amides is 1. The van der Waals surface area contributed by atoms with Gasteiger partial charge in [-0.05, 0) is 26.8 Å². The summed E-state index contributed by atoms with van der Waals surface area (Å²) >= 11 is 0. The van der Waals surface area contributed by atoms with Gasteiger partial charge in [0.15, 0.2) is 0 Å². The Morgan fingerprint density at radius 1 is 1.27 bits per heavy atom. The Hall–Kier alpha value is -2.83. The molecule has 0 aliphatic carbocycles. The van der Waals surface area contributed by atoms with Crippen LogP contribution in [0, 0.1) is 0 Å². The van der Waals surface area contributed by atoms with E-state index in [1.807, 2.05) is 0 Å². The average Bonchev–Trinajstić information content (AvgIpc) is 2.86. The van der Waals surface area contributed by atoms with Crippen molar-refractivity contribution in [3.8, 4) is 11.3 Å². The highest BCUT2D eigenvalue weighted by Crippen LogP contribution is 2.28. The van der Waals surface area contributed by atoms with Crippen LogP contribution >= 0.6 is 0 Å². The number of nitrogens with one attached hydrogen (secondary N) is 1. The number of para-hydroxylation sites is 1. The van der Waals surface area contributed by atoms with Gasteiger partial charge in [-0.25, -0.2) is 9.59 Å². The molecule has 2 rings (SSSR count). The summed E-state index contributed by atoms with van der Waals surface area (Å²) in [7, 11) is 0. The molecule has 1 amide bonds. The lowest BCUT2D eigenvalue weighted by Gasteiger charge is -2.20. The van der Waals surface area contributed by atoms with Gasteiger partial charge < -0.3 is 14.4 Å². The molecule has 1 heterocycles. The second kappa shape index (κ2) is 5.88. The summed E-state index contributed by atoms with van der Waals surface area (Å²) in [6.45, 7) is 5.28. The fraction of sp³-hybridized carbons (Fsp3) is 0.267. The van der Waals surface area contributed by atoms with Gasteiger partial charge in [-0.1, -0.05) is 23.4 Å². The van der Waals surface area contributed by atoms with Crippen LogP contribution in [0.3, 0.4) is 0 Å². The first kappa shape index (κ1) is 15.6. The van der Waals surface area contributed by atoms with E-state index in [1.54, 1.807) is 45.0 Å². The largest absolute Gasteiger partial charge is 0.475 e. The van der Waals surface area contributed by atoms with Gasteiger partial charge in [-0.15, -0.1) is 0 Å². The smallest absolute Gasteiger partial charge is 0.412 e. The predicted molar refractivity (Wildman–Crippen MR) is 78.8 cm³/mol. The average molecular weight is 304 g/mol. The number of anilines is 1. The van der Waals surface area contributed by atoms with Crippen LogP contribution in [-0.2, 0) is 4.74 Å². The number of carbonyl (C=O) groups is 2. The number of benzene rings is 1. The minimum atomic E-state index is -1.21. The molecule has 0 bridgehead atoms. The van der Waals surface area contributed by atoms with Crippen LogP contribution in [0.25, 0.3) is 11.3 Å². The van der Waals surface area contributed by atoms with Crippen molar-refractivity contribution in [3.05, 3.63) is 36.1 Å². The topological polar surface area (TPSA) is 102 Å². The molecule has 0 fully saturated rings. The molecule has 0 unspecified atom stereocenters. The third kappa shape index (κ3) is 3.85. The van der Waals surface area contributed by atoms with Crippen LogP contribution in [-0.4, -0.2) is 27.9 Å². The number of rotatable bonds is 3. The van der Waals surface area contributed by atoms with E-state index in [0.29, 0.717) is 16.9 Å². The van der Waals surface area contributed by atoms with Gasteiger partial charge in [-0.3, -0.25) is 5.32 Å². The Kier molecular flexibility index (Phi) is 4.16. The normalized spacial score (nSPS) is 11.0. The minimum Gasteiger partial charge on any atom is -0.475 e. The number of ether oxygens (including phenoxy) is 1. The van der Waals surface area contributed by atoms with Crippen LogP contribution in [0.2, 0.25) is 0 Å². The fourth-order valence-corrected chi connectivity index (χ4v) is 1.73. The first-order valence-corrected chi connectivity index (χ1v) is 6.56. The van der Waals surface area contributed by atoms with Gasteiger partial charge in [-0.2, -0.15) is 0 Å². The van der Waals surface area contributed by atoms with E-state index in [9.17, 15) is 9.59 Å². The molecule has 1 aromatic carbocycles. The Labute approximate surface area is 126 Å². The molecule has 0 aliphatic rings. The summed E-state index contributed by atoms with van der Waals surface area (Å²) < 4.78 is 9.92. The van der Waals surface area contributed by atoms with E-state index in [2.05, 4.69) is 10.5 Å². The highest BCUT2D eigenvalue weighted by Gasteiger charge is 2.19. The molecule has 0 spiro atoms. The first-order chi connectivity index (χ1) is 10.3. The zero-order valence-corrected chi connectivity index (χ0v) is 12.4. The number of carboxylic acids is 1. The lowest BCUT2D eigenvalue weighted by molar-refractivity contribution is 0.0631. The molecule has 1 aromatic heterocycles. The van der Waals surface area contributed by atoms with Crippen molar-refractivity contribution in [3.63, 3.8) is 0 Å². The van der Waals surface area contributed by atoms with E-state index in [1.165, 1.54) is 6.07 Å². The summed E-state index contributed by atoms with van der Waals surface area (Å²) in [5, 5.41) is 15.2. The molecule has 0 aliphatic heterocycles. The van der Waals surface area contributed by atoms with Gasteiger partial charge in [0.2, 0.25) is 5.76 Å².